The highest BCUT2D eigenvalue weighted by Gasteiger charge is 2.52. The summed E-state index contributed by atoms with van der Waals surface area (Å²) in [7, 11) is -2.73. The van der Waals surface area contributed by atoms with Crippen LogP contribution in [0, 0.1) is 0 Å². The first-order valence-corrected chi connectivity index (χ1v) is 11.5. The van der Waals surface area contributed by atoms with Gasteiger partial charge in [0.25, 0.3) is 8.32 Å². The lowest BCUT2D eigenvalue weighted by Crippen LogP contribution is -2.69. The van der Waals surface area contributed by atoms with Crippen LogP contribution in [0.2, 0.25) is 5.04 Å². The van der Waals surface area contributed by atoms with Gasteiger partial charge in [-0.2, -0.15) is 0 Å². The maximum atomic E-state index is 11.8. The molecule has 1 aliphatic rings. The predicted octanol–water partition coefficient (Wildman–Crippen LogP) is 2.77. The van der Waals surface area contributed by atoms with E-state index in [4.69, 9.17) is 4.43 Å². The molecule has 1 aliphatic heterocycles. The van der Waals surface area contributed by atoms with Crippen LogP contribution >= 0.6 is 0 Å². The number of benzene rings is 2. The monoisotopic (exact) mass is 383 g/mol. The van der Waals surface area contributed by atoms with Gasteiger partial charge in [-0.25, -0.2) is 0 Å². The zero-order valence-electron chi connectivity index (χ0n) is 16.3. The average molecular weight is 384 g/mol. The first-order chi connectivity index (χ1) is 12.9. The molecule has 0 saturated carbocycles. The summed E-state index contributed by atoms with van der Waals surface area (Å²) < 4.78 is 6.99. The molecule has 5 heteroatoms. The highest BCUT2D eigenvalue weighted by molar-refractivity contribution is 6.99. The van der Waals surface area contributed by atoms with Gasteiger partial charge in [-0.3, -0.25) is 4.79 Å². The van der Waals surface area contributed by atoms with Crippen molar-refractivity contribution in [3.8, 4) is 0 Å². The first kappa shape index (κ1) is 19.8. The number of hydrogen-bond donors (Lipinski definition) is 2. The summed E-state index contributed by atoms with van der Waals surface area (Å²) in [4.78, 5) is 11.8. The van der Waals surface area contributed by atoms with Crippen LogP contribution in [0.5, 0.6) is 0 Å². The second-order valence-electron chi connectivity index (χ2n) is 8.23. The normalized spacial score (nSPS) is 21.0. The Hall–Kier alpha value is -1.95. The van der Waals surface area contributed by atoms with Gasteiger partial charge < -0.3 is 14.8 Å². The van der Waals surface area contributed by atoms with Gasteiger partial charge in [-0.15, -0.1) is 0 Å². The van der Waals surface area contributed by atoms with Crippen molar-refractivity contribution < 1.29 is 14.3 Å². The Morgan fingerprint density at radius 3 is 2.00 bits per heavy atom. The molecule has 144 valence electrons. The second-order valence-corrected chi connectivity index (χ2v) is 12.5. The maximum Gasteiger partial charge on any atom is 0.323 e. The molecule has 3 rings (SSSR count). The van der Waals surface area contributed by atoms with Crippen molar-refractivity contribution in [1.82, 2.24) is 5.32 Å². The van der Waals surface area contributed by atoms with E-state index in [1.165, 1.54) is 10.4 Å². The lowest BCUT2D eigenvalue weighted by Gasteiger charge is -2.47. The van der Waals surface area contributed by atoms with Gasteiger partial charge in [0.15, 0.2) is 0 Å². The molecule has 0 aromatic heterocycles. The minimum Gasteiger partial charge on any atom is -0.480 e. The summed E-state index contributed by atoms with van der Waals surface area (Å²) in [6.07, 6.45) is 1.34. The standard InChI is InChI=1S/C22H29NO3Si/c1-22(2,3)27(17-11-6-4-7-12-17,18-13-8-5-9-14-18)26-19-15-10-16-23-20(19)21(24)25/h4-9,11-14,19-20,23H,10,15-16H2,1-3H3,(H,24,25)/t19-,20-/m0/s1. The molecule has 1 fully saturated rings. The predicted molar refractivity (Wildman–Crippen MR) is 111 cm³/mol. The topological polar surface area (TPSA) is 58.6 Å². The second kappa shape index (κ2) is 7.96. The van der Waals surface area contributed by atoms with Gasteiger partial charge in [0.05, 0.1) is 6.10 Å². The third-order valence-electron chi connectivity index (χ3n) is 5.41. The molecule has 0 unspecified atom stereocenters. The summed E-state index contributed by atoms with van der Waals surface area (Å²) in [5, 5.41) is 15.1. The number of piperidine rings is 1. The molecule has 2 atom stereocenters. The number of carboxylic acid groups (broad SMARTS) is 1. The summed E-state index contributed by atoms with van der Waals surface area (Å²) in [5.74, 6) is -0.836. The van der Waals surface area contributed by atoms with Crippen LogP contribution in [0.4, 0.5) is 0 Å². The lowest BCUT2D eigenvalue weighted by molar-refractivity contribution is -0.143. The van der Waals surface area contributed by atoms with E-state index in [1.54, 1.807) is 0 Å². The van der Waals surface area contributed by atoms with Gasteiger partial charge in [0.1, 0.15) is 6.04 Å². The average Bonchev–Trinajstić information content (AvgIpc) is 2.66. The van der Waals surface area contributed by atoms with Gasteiger partial charge >= 0.3 is 5.97 Å². The van der Waals surface area contributed by atoms with Gasteiger partial charge in [0, 0.05) is 0 Å². The van der Waals surface area contributed by atoms with Crippen LogP contribution in [0.15, 0.2) is 60.7 Å². The van der Waals surface area contributed by atoms with Crippen molar-refractivity contribution in [2.45, 2.75) is 50.8 Å². The minimum atomic E-state index is -2.73. The molecule has 0 spiro atoms. The smallest absolute Gasteiger partial charge is 0.323 e. The lowest BCUT2D eigenvalue weighted by atomic mass is 10.0. The van der Waals surface area contributed by atoms with E-state index >= 15 is 0 Å². The van der Waals surface area contributed by atoms with Crippen LogP contribution in [0.3, 0.4) is 0 Å². The van der Waals surface area contributed by atoms with Gasteiger partial charge in [-0.05, 0) is 34.8 Å². The largest absolute Gasteiger partial charge is 0.480 e. The molecular formula is C22H29NO3Si. The van der Waals surface area contributed by atoms with Crippen molar-refractivity contribution in [3.05, 3.63) is 60.7 Å². The number of nitrogens with one attached hydrogen (secondary N) is 1. The van der Waals surface area contributed by atoms with Crippen molar-refractivity contribution in [2.24, 2.45) is 0 Å². The molecule has 27 heavy (non-hydrogen) atoms. The SMILES string of the molecule is CC(C)(C)[Si](O[C@H]1CCCN[C@@H]1C(=O)O)(c1ccccc1)c1ccccc1. The van der Waals surface area contributed by atoms with E-state index in [0.29, 0.717) is 0 Å². The Morgan fingerprint density at radius 1 is 1.04 bits per heavy atom. The van der Waals surface area contributed by atoms with Crippen LogP contribution in [0.1, 0.15) is 33.6 Å². The third kappa shape index (κ3) is 3.86. The zero-order chi connectivity index (χ0) is 19.5. The zero-order valence-corrected chi connectivity index (χ0v) is 17.3. The van der Waals surface area contributed by atoms with Crippen LogP contribution in [-0.2, 0) is 9.22 Å². The Kier molecular flexibility index (Phi) is 5.84. The number of hydrogen-bond acceptors (Lipinski definition) is 3. The van der Waals surface area contributed by atoms with E-state index < -0.39 is 20.3 Å². The highest BCUT2D eigenvalue weighted by atomic mass is 28.4. The molecule has 0 bridgehead atoms. The summed E-state index contributed by atoms with van der Waals surface area (Å²) >= 11 is 0. The van der Waals surface area contributed by atoms with Gasteiger partial charge in [-0.1, -0.05) is 81.4 Å². The van der Waals surface area contributed by atoms with Crippen molar-refractivity contribution in [2.75, 3.05) is 6.54 Å². The van der Waals surface area contributed by atoms with E-state index in [9.17, 15) is 9.90 Å². The van der Waals surface area contributed by atoms with Crippen LogP contribution in [0.25, 0.3) is 0 Å². The van der Waals surface area contributed by atoms with Crippen molar-refractivity contribution in [1.29, 1.82) is 0 Å². The number of aliphatic carboxylic acids is 1. The molecular weight excluding hydrogens is 354 g/mol. The molecule has 2 N–H and O–H groups in total. The van der Waals surface area contributed by atoms with Gasteiger partial charge in [0.2, 0.25) is 0 Å². The number of rotatable bonds is 5. The maximum absolute atomic E-state index is 11.8. The summed E-state index contributed by atoms with van der Waals surface area (Å²) in [6, 6.07) is 20.1. The minimum absolute atomic E-state index is 0.157. The number of carbonyl (C=O) groups is 1. The molecule has 1 saturated heterocycles. The highest BCUT2D eigenvalue weighted by Crippen LogP contribution is 2.38. The molecule has 0 radical (unpaired) electrons. The quantitative estimate of drug-likeness (QED) is 0.780. The fraction of sp³-hybridized carbons (Fsp3) is 0.409. The fourth-order valence-corrected chi connectivity index (χ4v) is 8.87. The third-order valence-corrected chi connectivity index (χ3v) is 10.5. The molecule has 0 aliphatic carbocycles. The van der Waals surface area contributed by atoms with E-state index in [1.807, 2.05) is 36.4 Å². The molecule has 1 heterocycles. The molecule has 4 nitrogen and oxygen atoms in total. The summed E-state index contributed by atoms with van der Waals surface area (Å²) in [6.45, 7) is 7.36. The summed E-state index contributed by atoms with van der Waals surface area (Å²) in [5.41, 5.74) is 0. The fourth-order valence-electron chi connectivity index (χ4n) is 4.15. The molecule has 2 aromatic carbocycles. The first-order valence-electron chi connectivity index (χ1n) is 9.61. The molecule has 2 aromatic rings. The van der Waals surface area contributed by atoms with Crippen LogP contribution < -0.4 is 15.7 Å². The Bertz CT molecular complexity index is 719. The number of carboxylic acids is 1. The van der Waals surface area contributed by atoms with E-state index in [-0.39, 0.29) is 11.1 Å². The Morgan fingerprint density at radius 2 is 1.56 bits per heavy atom. The van der Waals surface area contributed by atoms with E-state index in [2.05, 4.69) is 50.4 Å². The molecule has 0 amide bonds. The van der Waals surface area contributed by atoms with Crippen molar-refractivity contribution >= 4 is 24.7 Å². The van der Waals surface area contributed by atoms with E-state index in [0.717, 1.165) is 19.4 Å². The van der Waals surface area contributed by atoms with Crippen LogP contribution in [-0.4, -0.2) is 38.1 Å². The Balaban J connectivity index is 2.16. The van der Waals surface area contributed by atoms with Crippen molar-refractivity contribution in [3.63, 3.8) is 0 Å². The Labute approximate surface area is 162 Å².